The van der Waals surface area contributed by atoms with Crippen molar-refractivity contribution in [2.45, 2.75) is 13.8 Å². The van der Waals surface area contributed by atoms with E-state index in [1.54, 1.807) is 0 Å². The SMILES string of the molecule is CC(=O)/C=C(/C)O.[Ir].[c-]1cc(-n2c3ccccc3c3ccccc32)cc2c1-c1ncccc1B2c1c(-c2ccccc2)cccc1-c1ccccc1. The molecule has 0 unspecified atom stereocenters. The van der Waals surface area contributed by atoms with Crippen molar-refractivity contribution in [1.82, 2.24) is 9.55 Å². The normalized spacial score (nSPS) is 11.7. The van der Waals surface area contributed by atoms with E-state index in [1.807, 2.05) is 6.20 Å². The van der Waals surface area contributed by atoms with Crippen LogP contribution in [-0.4, -0.2) is 27.2 Å². The second kappa shape index (κ2) is 14.8. The van der Waals surface area contributed by atoms with Crippen molar-refractivity contribution in [2.75, 3.05) is 0 Å². The Morgan fingerprint density at radius 1 is 0.692 bits per heavy atom. The molecule has 9 rings (SSSR count). The van der Waals surface area contributed by atoms with Crippen molar-refractivity contribution in [2.24, 2.45) is 0 Å². The summed E-state index contributed by atoms with van der Waals surface area (Å²) in [5, 5.41) is 10.9. The quantitative estimate of drug-likeness (QED) is 0.0816. The monoisotopic (exact) mass is 850 g/mol. The van der Waals surface area contributed by atoms with Gasteiger partial charge in [0.05, 0.1) is 5.76 Å². The van der Waals surface area contributed by atoms with E-state index in [9.17, 15) is 4.79 Å². The van der Waals surface area contributed by atoms with Crippen LogP contribution in [0.2, 0.25) is 0 Å². The topological polar surface area (TPSA) is 55.1 Å². The first-order chi connectivity index (χ1) is 25.0. The first-order valence-corrected chi connectivity index (χ1v) is 17.1. The number of nitrogens with zero attached hydrogens (tertiary/aromatic N) is 2. The number of carbonyl (C=O) groups excluding carboxylic acids is 1. The number of rotatable bonds is 5. The minimum Gasteiger partial charge on any atom is -0.512 e. The van der Waals surface area contributed by atoms with Crippen LogP contribution in [0.4, 0.5) is 0 Å². The third-order valence-electron chi connectivity index (χ3n) is 9.47. The maximum absolute atomic E-state index is 10.0. The minimum absolute atomic E-state index is 0. The van der Waals surface area contributed by atoms with Gasteiger partial charge in [0.25, 0.3) is 0 Å². The smallest absolute Gasteiger partial charge is 0.183 e. The molecule has 8 aromatic rings. The average Bonchev–Trinajstić information content (AvgIpc) is 3.67. The van der Waals surface area contributed by atoms with Crippen LogP contribution in [0.15, 0.2) is 170 Å². The number of hydrogen-bond donors (Lipinski definition) is 1. The maximum atomic E-state index is 10.0. The molecule has 2 aromatic heterocycles. The Morgan fingerprint density at radius 3 is 1.79 bits per heavy atom. The number of para-hydroxylation sites is 2. The summed E-state index contributed by atoms with van der Waals surface area (Å²) in [6, 6.07) is 58.2. The van der Waals surface area contributed by atoms with E-state index in [1.165, 1.54) is 80.4 Å². The number of aromatic nitrogens is 2. The number of allylic oxidation sites excluding steroid dienone is 2. The van der Waals surface area contributed by atoms with Crippen molar-refractivity contribution in [1.29, 1.82) is 0 Å². The van der Waals surface area contributed by atoms with Gasteiger partial charge in [0.2, 0.25) is 0 Å². The largest absolute Gasteiger partial charge is 0.512 e. The van der Waals surface area contributed by atoms with Gasteiger partial charge in [-0.1, -0.05) is 132 Å². The van der Waals surface area contributed by atoms with Crippen molar-refractivity contribution < 1.29 is 30.0 Å². The molecule has 0 saturated heterocycles. The zero-order valence-corrected chi connectivity index (χ0v) is 31.1. The van der Waals surface area contributed by atoms with Crippen LogP contribution in [0.25, 0.3) is 61.0 Å². The van der Waals surface area contributed by atoms with Gasteiger partial charge >= 0.3 is 0 Å². The summed E-state index contributed by atoms with van der Waals surface area (Å²) in [5.41, 5.74) is 14.2. The minimum atomic E-state index is -0.125. The van der Waals surface area contributed by atoms with Gasteiger partial charge in [-0.25, -0.2) is 0 Å². The van der Waals surface area contributed by atoms with Gasteiger partial charge in [0.1, 0.15) is 0 Å². The molecule has 1 aliphatic rings. The predicted octanol–water partition coefficient (Wildman–Crippen LogP) is 8.84. The van der Waals surface area contributed by atoms with Crippen LogP contribution in [0, 0.1) is 6.07 Å². The third kappa shape index (κ3) is 6.32. The van der Waals surface area contributed by atoms with Crippen molar-refractivity contribution in [3.63, 3.8) is 0 Å². The molecule has 6 aromatic carbocycles. The second-order valence-corrected chi connectivity index (χ2v) is 12.8. The summed E-state index contributed by atoms with van der Waals surface area (Å²) in [7, 11) is 0. The first kappa shape index (κ1) is 34.6. The van der Waals surface area contributed by atoms with E-state index in [0.717, 1.165) is 16.9 Å². The van der Waals surface area contributed by atoms with Gasteiger partial charge in [0.15, 0.2) is 12.5 Å². The Kier molecular flexibility index (Phi) is 9.87. The Morgan fingerprint density at radius 2 is 1.25 bits per heavy atom. The molecule has 6 heteroatoms. The molecule has 1 radical (unpaired) electrons. The molecule has 0 atom stereocenters. The fraction of sp³-hybridized carbons (Fsp3) is 0.0435. The molecule has 1 N–H and O–H groups in total. The average molecular weight is 850 g/mol. The van der Waals surface area contributed by atoms with E-state index in [-0.39, 0.29) is 38.4 Å². The molecule has 0 aliphatic carbocycles. The summed E-state index contributed by atoms with van der Waals surface area (Å²) in [4.78, 5) is 15.0. The van der Waals surface area contributed by atoms with Gasteiger partial charge in [0, 0.05) is 54.2 Å². The number of hydrogen-bond acceptors (Lipinski definition) is 3. The van der Waals surface area contributed by atoms with Crippen LogP contribution in [0.3, 0.4) is 0 Å². The fourth-order valence-corrected chi connectivity index (χ4v) is 7.51. The number of benzene rings is 6. The molecule has 1 aliphatic heterocycles. The van der Waals surface area contributed by atoms with E-state index in [0.29, 0.717) is 0 Å². The van der Waals surface area contributed by atoms with Crippen molar-refractivity contribution >= 4 is 50.7 Å². The van der Waals surface area contributed by atoms with Crippen LogP contribution >= 0.6 is 0 Å². The number of pyridine rings is 1. The van der Waals surface area contributed by atoms with Gasteiger partial charge in [-0.2, -0.15) is 0 Å². The molecular weight excluding hydrogens is 816 g/mol. The number of carbonyl (C=O) groups is 1. The Labute approximate surface area is 317 Å². The van der Waals surface area contributed by atoms with Gasteiger partial charge in [-0.15, -0.1) is 29.2 Å². The first-order valence-electron chi connectivity index (χ1n) is 17.1. The third-order valence-corrected chi connectivity index (χ3v) is 9.47. The van der Waals surface area contributed by atoms with Crippen LogP contribution in [0.5, 0.6) is 0 Å². The maximum Gasteiger partial charge on any atom is 0.183 e. The van der Waals surface area contributed by atoms with Crippen LogP contribution in [0.1, 0.15) is 13.8 Å². The molecule has 0 amide bonds. The molecule has 0 fully saturated rings. The molecule has 253 valence electrons. The van der Waals surface area contributed by atoms with Gasteiger partial charge in [-0.3, -0.25) is 4.79 Å². The van der Waals surface area contributed by atoms with Gasteiger partial charge in [-0.05, 0) is 65.7 Å². The summed E-state index contributed by atoms with van der Waals surface area (Å²) >= 11 is 0. The van der Waals surface area contributed by atoms with E-state index >= 15 is 0 Å². The Balaban J connectivity index is 0.000000481. The van der Waals surface area contributed by atoms with Crippen molar-refractivity contribution in [3.05, 3.63) is 176 Å². The zero-order valence-electron chi connectivity index (χ0n) is 28.7. The molecule has 4 nitrogen and oxygen atoms in total. The zero-order chi connectivity index (χ0) is 34.9. The summed E-state index contributed by atoms with van der Waals surface area (Å²) in [6.45, 7) is 2.84. The molecule has 0 saturated carbocycles. The van der Waals surface area contributed by atoms with Crippen LogP contribution in [-0.2, 0) is 24.9 Å². The molecule has 3 heterocycles. The van der Waals surface area contributed by atoms with E-state index in [2.05, 4.69) is 162 Å². The number of ketones is 1. The molecule has 0 bridgehead atoms. The number of fused-ring (bicyclic) bond motifs is 6. The predicted molar refractivity (Wildman–Crippen MR) is 212 cm³/mol. The fourth-order valence-electron chi connectivity index (χ4n) is 7.51. The molecule has 52 heavy (non-hydrogen) atoms. The molecule has 0 spiro atoms. The molecular formula is C46H34BIrN2O2-. The Bertz CT molecular complexity index is 2480. The van der Waals surface area contributed by atoms with Crippen LogP contribution < -0.4 is 16.4 Å². The standard InChI is InChI=1S/C41H26BN2.C5H8O2.Ir/c1-3-13-28(14-4-1)31-19-11-20-32(29-15-5-2-6-16-29)40(31)42-36-21-12-26-43-41(36)35-25-24-30(27-37(35)42)44-38-22-9-7-17-33(38)34-18-8-10-23-39(34)44;1-4(6)3-5(2)7;/h1-24,26-27H;3,6H,1-2H3;/q-1;;/b;4-3-;. The summed E-state index contributed by atoms with van der Waals surface area (Å²) in [6.07, 6.45) is 3.07. The summed E-state index contributed by atoms with van der Waals surface area (Å²) < 4.78 is 2.39. The summed E-state index contributed by atoms with van der Waals surface area (Å²) in [5.74, 6) is -0.0625. The van der Waals surface area contributed by atoms with E-state index < -0.39 is 0 Å². The van der Waals surface area contributed by atoms with Crippen molar-refractivity contribution in [3.8, 4) is 39.2 Å². The van der Waals surface area contributed by atoms with Gasteiger partial charge < -0.3 is 14.7 Å². The number of aliphatic hydroxyl groups is 1. The number of aliphatic hydroxyl groups excluding tert-OH is 1. The Hall–Kier alpha value is -5.81. The van der Waals surface area contributed by atoms with E-state index in [4.69, 9.17) is 10.1 Å². The second-order valence-electron chi connectivity index (χ2n) is 12.8.